The molecule has 0 aliphatic carbocycles. The maximum absolute atomic E-state index is 5.02. The number of nitrogens with one attached hydrogen (secondary N) is 1. The lowest BCUT2D eigenvalue weighted by atomic mass is 9.99. The van der Waals surface area contributed by atoms with Crippen molar-refractivity contribution in [3.8, 4) is 0 Å². The molecule has 4 nitrogen and oxygen atoms in total. The third-order valence-electron chi connectivity index (χ3n) is 4.57. The molecule has 1 aromatic rings. The molecule has 124 valence electrons. The topological polar surface area (TPSA) is 30.9 Å². The first kappa shape index (κ1) is 15.9. The van der Waals surface area contributed by atoms with Gasteiger partial charge in [0.1, 0.15) is 6.17 Å². The van der Waals surface area contributed by atoms with Gasteiger partial charge in [-0.05, 0) is 18.4 Å². The van der Waals surface area contributed by atoms with E-state index in [2.05, 4.69) is 72.4 Å². The number of hydrogen-bond acceptors (Lipinski definition) is 4. The summed E-state index contributed by atoms with van der Waals surface area (Å²) in [4.78, 5) is 9.83. The van der Waals surface area contributed by atoms with Crippen LogP contribution in [0.4, 0.5) is 0 Å². The minimum atomic E-state index is 0.125. The summed E-state index contributed by atoms with van der Waals surface area (Å²) in [6, 6.07) is 10.7. The van der Waals surface area contributed by atoms with E-state index in [1.54, 1.807) is 0 Å². The molecule has 0 saturated carbocycles. The quantitative estimate of drug-likeness (QED) is 0.874. The van der Waals surface area contributed by atoms with Crippen molar-refractivity contribution in [3.63, 3.8) is 0 Å². The highest BCUT2D eigenvalue weighted by molar-refractivity contribution is 6.00. The predicted octanol–water partition coefficient (Wildman–Crippen LogP) is 3.35. The van der Waals surface area contributed by atoms with Crippen LogP contribution in [-0.2, 0) is 0 Å². The third-order valence-corrected chi connectivity index (χ3v) is 4.57. The fourth-order valence-corrected chi connectivity index (χ4v) is 3.36. The largest absolute Gasteiger partial charge is 0.359 e. The molecule has 1 N–H and O–H groups in total. The van der Waals surface area contributed by atoms with Crippen molar-refractivity contribution in [2.45, 2.75) is 45.7 Å². The molecule has 4 heteroatoms. The Hall–Kier alpha value is -1.97. The van der Waals surface area contributed by atoms with E-state index in [1.807, 2.05) is 0 Å². The summed E-state index contributed by atoms with van der Waals surface area (Å²) in [5.74, 6) is 1.50. The van der Waals surface area contributed by atoms with Gasteiger partial charge in [-0.3, -0.25) is 0 Å². The van der Waals surface area contributed by atoms with E-state index >= 15 is 0 Å². The number of hydrogen-bond donors (Lipinski definition) is 1. The van der Waals surface area contributed by atoms with Gasteiger partial charge in [0.15, 0.2) is 5.84 Å². The minimum absolute atomic E-state index is 0.125. The summed E-state index contributed by atoms with van der Waals surface area (Å²) in [6.07, 6.45) is 4.69. The maximum Gasteiger partial charge on any atom is 0.152 e. The van der Waals surface area contributed by atoms with Crippen LogP contribution in [0.5, 0.6) is 0 Å². The molecule has 3 rings (SSSR count). The lowest BCUT2D eigenvalue weighted by molar-refractivity contribution is 0.235. The van der Waals surface area contributed by atoms with E-state index in [-0.39, 0.29) is 6.17 Å². The molecule has 0 fully saturated rings. The minimum Gasteiger partial charge on any atom is -0.359 e. The predicted molar refractivity (Wildman–Crippen MR) is 96.2 cm³/mol. The number of rotatable bonds is 6. The fourth-order valence-electron chi connectivity index (χ4n) is 3.36. The average Bonchev–Trinajstić information content (AvgIpc) is 3.00. The monoisotopic (exact) mass is 312 g/mol. The van der Waals surface area contributed by atoms with Crippen molar-refractivity contribution >= 4 is 5.84 Å². The number of amidine groups is 1. The van der Waals surface area contributed by atoms with E-state index < -0.39 is 0 Å². The summed E-state index contributed by atoms with van der Waals surface area (Å²) in [6.45, 7) is 9.83. The molecular formula is C19H28N4. The molecule has 23 heavy (non-hydrogen) atoms. The molecular weight excluding hydrogens is 284 g/mol. The Balaban J connectivity index is 1.82. The molecule has 0 bridgehead atoms. The highest BCUT2D eigenvalue weighted by Gasteiger charge is 2.33. The van der Waals surface area contributed by atoms with Crippen LogP contribution in [0.3, 0.4) is 0 Å². The molecule has 0 saturated heterocycles. The Kier molecular flexibility index (Phi) is 4.89. The molecule has 0 radical (unpaired) electrons. The summed E-state index contributed by atoms with van der Waals surface area (Å²) >= 11 is 0. The van der Waals surface area contributed by atoms with E-state index in [0.717, 1.165) is 32.0 Å². The van der Waals surface area contributed by atoms with Gasteiger partial charge in [0.2, 0.25) is 0 Å². The fraction of sp³-hybridized carbons (Fsp3) is 0.526. The molecule has 2 heterocycles. The van der Waals surface area contributed by atoms with Gasteiger partial charge in [-0.2, -0.15) is 0 Å². The van der Waals surface area contributed by atoms with Gasteiger partial charge in [0, 0.05) is 25.2 Å². The number of fused-ring (bicyclic) bond motifs is 1. The van der Waals surface area contributed by atoms with Crippen molar-refractivity contribution in [2.75, 3.05) is 19.8 Å². The van der Waals surface area contributed by atoms with Crippen LogP contribution in [-0.4, -0.2) is 41.6 Å². The van der Waals surface area contributed by atoms with Crippen molar-refractivity contribution < 1.29 is 0 Å². The lowest BCUT2D eigenvalue weighted by Crippen LogP contribution is -2.45. The Bertz CT molecular complexity index is 578. The van der Waals surface area contributed by atoms with Crippen LogP contribution in [0.25, 0.3) is 0 Å². The summed E-state index contributed by atoms with van der Waals surface area (Å²) in [7, 11) is 0. The SMILES string of the molecule is CCCN1C=C2NC([C@@H](C)c3ccccc3)N=C2N(CCC)C1. The first-order chi connectivity index (χ1) is 11.2. The van der Waals surface area contributed by atoms with Gasteiger partial charge in [-0.25, -0.2) is 4.99 Å². The third kappa shape index (κ3) is 3.36. The maximum atomic E-state index is 5.02. The highest BCUT2D eigenvalue weighted by atomic mass is 15.4. The van der Waals surface area contributed by atoms with Crippen molar-refractivity contribution in [1.29, 1.82) is 0 Å². The summed E-state index contributed by atoms with van der Waals surface area (Å²) in [5.41, 5.74) is 2.52. The van der Waals surface area contributed by atoms with Crippen LogP contribution < -0.4 is 5.32 Å². The second-order valence-corrected chi connectivity index (χ2v) is 6.50. The molecule has 2 atom stereocenters. The van der Waals surface area contributed by atoms with Crippen LogP contribution >= 0.6 is 0 Å². The van der Waals surface area contributed by atoms with Gasteiger partial charge in [-0.15, -0.1) is 0 Å². The van der Waals surface area contributed by atoms with E-state index in [4.69, 9.17) is 4.99 Å². The number of nitrogens with zero attached hydrogens (tertiary/aromatic N) is 3. The molecule has 0 amide bonds. The zero-order valence-electron chi connectivity index (χ0n) is 14.5. The molecule has 0 aromatic heterocycles. The zero-order chi connectivity index (χ0) is 16.2. The standard InChI is InChI=1S/C19H28N4/c1-4-11-22-13-17-19(23(14-22)12-5-2)21-18(20-17)15(3)16-9-7-6-8-10-16/h6-10,13,15,18,20H,4-5,11-12,14H2,1-3H3/t15-,18?/m0/s1. The molecule has 2 aliphatic heterocycles. The van der Waals surface area contributed by atoms with Crippen LogP contribution in [0.15, 0.2) is 47.2 Å². The Morgan fingerprint density at radius 1 is 1.17 bits per heavy atom. The van der Waals surface area contributed by atoms with Gasteiger partial charge >= 0.3 is 0 Å². The summed E-state index contributed by atoms with van der Waals surface area (Å²) < 4.78 is 0. The van der Waals surface area contributed by atoms with Gasteiger partial charge < -0.3 is 15.1 Å². The Labute approximate surface area is 139 Å². The Morgan fingerprint density at radius 3 is 2.61 bits per heavy atom. The smallest absolute Gasteiger partial charge is 0.152 e. The second kappa shape index (κ2) is 7.07. The van der Waals surface area contributed by atoms with Crippen LogP contribution in [0.2, 0.25) is 0 Å². The molecule has 1 unspecified atom stereocenters. The Morgan fingerprint density at radius 2 is 1.91 bits per heavy atom. The van der Waals surface area contributed by atoms with Crippen LogP contribution in [0, 0.1) is 0 Å². The van der Waals surface area contributed by atoms with Gasteiger partial charge in [-0.1, -0.05) is 51.1 Å². The lowest BCUT2D eigenvalue weighted by Gasteiger charge is -2.35. The number of aliphatic imine (C=N–C) groups is 1. The average molecular weight is 312 g/mol. The second-order valence-electron chi connectivity index (χ2n) is 6.50. The van der Waals surface area contributed by atoms with E-state index in [1.165, 1.54) is 17.7 Å². The zero-order valence-corrected chi connectivity index (χ0v) is 14.5. The molecule has 0 spiro atoms. The molecule has 2 aliphatic rings. The normalized spacial score (nSPS) is 21.4. The van der Waals surface area contributed by atoms with E-state index in [9.17, 15) is 0 Å². The first-order valence-corrected chi connectivity index (χ1v) is 8.83. The summed E-state index contributed by atoms with van der Waals surface area (Å²) in [5, 5.41) is 3.64. The van der Waals surface area contributed by atoms with Crippen molar-refractivity contribution in [2.24, 2.45) is 4.99 Å². The van der Waals surface area contributed by atoms with Crippen LogP contribution in [0.1, 0.15) is 45.1 Å². The van der Waals surface area contributed by atoms with Crippen molar-refractivity contribution in [3.05, 3.63) is 47.8 Å². The van der Waals surface area contributed by atoms with Crippen molar-refractivity contribution in [1.82, 2.24) is 15.1 Å². The number of benzene rings is 1. The van der Waals surface area contributed by atoms with Gasteiger partial charge in [0.05, 0.1) is 12.4 Å². The first-order valence-electron chi connectivity index (χ1n) is 8.83. The van der Waals surface area contributed by atoms with E-state index in [0.29, 0.717) is 5.92 Å². The van der Waals surface area contributed by atoms with Gasteiger partial charge in [0.25, 0.3) is 0 Å². The molecule has 1 aromatic carbocycles. The highest BCUT2D eigenvalue weighted by Crippen LogP contribution is 2.27.